The number of ether oxygens (including phenoxy) is 1. The summed E-state index contributed by atoms with van der Waals surface area (Å²) in [6.45, 7) is 1.95. The number of hydrogen-bond acceptors (Lipinski definition) is 3. The predicted octanol–water partition coefficient (Wildman–Crippen LogP) is 1.76. The van der Waals surface area contributed by atoms with Crippen LogP contribution in [0.15, 0.2) is 18.2 Å². The first-order valence-electron chi connectivity index (χ1n) is 5.67. The van der Waals surface area contributed by atoms with Gasteiger partial charge in [0.25, 0.3) is 0 Å². The number of carbonyl (C=O) groups is 2. The number of carboxylic acids is 1. The minimum Gasteiger partial charge on any atom is -0.481 e. The van der Waals surface area contributed by atoms with Crippen LogP contribution in [0.1, 0.15) is 24.5 Å². The van der Waals surface area contributed by atoms with Crippen molar-refractivity contribution >= 4 is 11.9 Å². The van der Waals surface area contributed by atoms with Gasteiger partial charge in [-0.3, -0.25) is 9.59 Å². The van der Waals surface area contributed by atoms with Gasteiger partial charge in [-0.15, -0.1) is 0 Å². The Morgan fingerprint density at radius 2 is 2.16 bits per heavy atom. The zero-order valence-electron chi connectivity index (χ0n) is 10.4. The first-order valence-corrected chi connectivity index (χ1v) is 5.67. The number of benzene rings is 1. The lowest BCUT2D eigenvalue weighted by Crippen LogP contribution is -2.02. The molecule has 0 fully saturated rings. The molecular formula is C14H13FO4. The second kappa shape index (κ2) is 7.17. The van der Waals surface area contributed by atoms with Gasteiger partial charge in [0.2, 0.25) is 0 Å². The summed E-state index contributed by atoms with van der Waals surface area (Å²) in [7, 11) is 0. The third-order valence-electron chi connectivity index (χ3n) is 2.15. The van der Waals surface area contributed by atoms with E-state index in [0.29, 0.717) is 5.56 Å². The molecule has 0 saturated heterocycles. The highest BCUT2D eigenvalue weighted by molar-refractivity contribution is 5.72. The van der Waals surface area contributed by atoms with E-state index in [-0.39, 0.29) is 25.0 Å². The van der Waals surface area contributed by atoms with E-state index in [9.17, 15) is 14.0 Å². The summed E-state index contributed by atoms with van der Waals surface area (Å²) < 4.78 is 18.1. The zero-order valence-corrected chi connectivity index (χ0v) is 10.4. The molecule has 1 rings (SSSR count). The summed E-state index contributed by atoms with van der Waals surface area (Å²) in [5.41, 5.74) is 0.525. The molecular weight excluding hydrogens is 251 g/mol. The molecule has 0 heterocycles. The Morgan fingerprint density at radius 1 is 1.42 bits per heavy atom. The fourth-order valence-electron chi connectivity index (χ4n) is 1.38. The summed E-state index contributed by atoms with van der Waals surface area (Å²) in [4.78, 5) is 21.6. The molecule has 0 aliphatic heterocycles. The van der Waals surface area contributed by atoms with E-state index in [2.05, 4.69) is 16.6 Å². The Morgan fingerprint density at radius 3 is 2.79 bits per heavy atom. The molecule has 0 atom stereocenters. The van der Waals surface area contributed by atoms with Gasteiger partial charge in [-0.1, -0.05) is 17.9 Å². The largest absolute Gasteiger partial charge is 0.481 e. The minimum absolute atomic E-state index is 0.0723. The van der Waals surface area contributed by atoms with E-state index in [1.165, 1.54) is 12.1 Å². The van der Waals surface area contributed by atoms with Crippen molar-refractivity contribution in [2.45, 2.75) is 19.8 Å². The van der Waals surface area contributed by atoms with E-state index in [1.54, 1.807) is 6.92 Å². The fraction of sp³-hybridized carbons (Fsp3) is 0.286. The molecule has 0 aliphatic carbocycles. The molecule has 0 bridgehead atoms. The third kappa shape index (κ3) is 5.21. The Kier molecular flexibility index (Phi) is 5.55. The monoisotopic (exact) mass is 264 g/mol. The SMILES string of the molecule is CCOC(=O)CC#Cc1cc(CC(=O)O)ccc1F. The fourth-order valence-corrected chi connectivity index (χ4v) is 1.38. The van der Waals surface area contributed by atoms with E-state index >= 15 is 0 Å². The molecule has 0 aromatic heterocycles. The number of hydrogen-bond donors (Lipinski definition) is 1. The van der Waals surface area contributed by atoms with E-state index < -0.39 is 17.8 Å². The average Bonchev–Trinajstić information content (AvgIpc) is 2.33. The van der Waals surface area contributed by atoms with Gasteiger partial charge in [0.1, 0.15) is 12.2 Å². The highest BCUT2D eigenvalue weighted by Crippen LogP contribution is 2.10. The molecule has 0 radical (unpaired) electrons. The van der Waals surface area contributed by atoms with Gasteiger partial charge in [0, 0.05) is 0 Å². The number of rotatable bonds is 4. The van der Waals surface area contributed by atoms with Crippen molar-refractivity contribution in [1.29, 1.82) is 0 Å². The molecule has 1 aromatic carbocycles. The first kappa shape index (κ1) is 14.7. The lowest BCUT2D eigenvalue weighted by molar-refractivity contribution is -0.142. The van der Waals surface area contributed by atoms with Crippen molar-refractivity contribution in [2.75, 3.05) is 6.61 Å². The molecule has 0 amide bonds. The summed E-state index contributed by atoms with van der Waals surface area (Å²) in [5, 5.41) is 8.64. The van der Waals surface area contributed by atoms with Gasteiger partial charge in [-0.2, -0.15) is 0 Å². The van der Waals surface area contributed by atoms with E-state index in [1.807, 2.05) is 0 Å². The van der Waals surface area contributed by atoms with Crippen LogP contribution in [-0.2, 0) is 20.7 Å². The van der Waals surface area contributed by atoms with Crippen LogP contribution < -0.4 is 0 Å². The molecule has 5 heteroatoms. The highest BCUT2D eigenvalue weighted by atomic mass is 19.1. The van der Waals surface area contributed by atoms with Crippen LogP contribution in [0.3, 0.4) is 0 Å². The maximum absolute atomic E-state index is 13.4. The number of aliphatic carboxylic acids is 1. The van der Waals surface area contributed by atoms with Gasteiger partial charge < -0.3 is 9.84 Å². The molecule has 4 nitrogen and oxygen atoms in total. The number of carboxylic acid groups (broad SMARTS) is 1. The van der Waals surface area contributed by atoms with Crippen LogP contribution in [-0.4, -0.2) is 23.7 Å². The quantitative estimate of drug-likeness (QED) is 0.664. The van der Waals surface area contributed by atoms with Gasteiger partial charge >= 0.3 is 11.9 Å². The number of carbonyl (C=O) groups excluding carboxylic acids is 1. The number of halogens is 1. The average molecular weight is 264 g/mol. The molecule has 0 saturated carbocycles. The maximum atomic E-state index is 13.4. The summed E-state index contributed by atoms with van der Waals surface area (Å²) in [6, 6.07) is 3.91. The standard InChI is InChI=1S/C14H13FO4/c1-2-19-14(18)5-3-4-11-8-10(9-13(16)17)6-7-12(11)15/h6-8H,2,5,9H2,1H3,(H,16,17). The van der Waals surface area contributed by atoms with Crippen LogP contribution in [0.5, 0.6) is 0 Å². The van der Waals surface area contributed by atoms with Crippen molar-refractivity contribution in [3.05, 3.63) is 35.1 Å². The molecule has 1 aromatic rings. The van der Waals surface area contributed by atoms with Crippen molar-refractivity contribution in [1.82, 2.24) is 0 Å². The Balaban J connectivity index is 2.79. The van der Waals surface area contributed by atoms with Gasteiger partial charge in [0.15, 0.2) is 0 Å². The zero-order chi connectivity index (χ0) is 14.3. The van der Waals surface area contributed by atoms with Gasteiger partial charge in [0.05, 0.1) is 18.6 Å². The summed E-state index contributed by atoms with van der Waals surface area (Å²) in [6.07, 6.45) is -0.330. The van der Waals surface area contributed by atoms with Gasteiger partial charge in [-0.25, -0.2) is 4.39 Å². The third-order valence-corrected chi connectivity index (χ3v) is 2.15. The molecule has 1 N–H and O–H groups in total. The highest BCUT2D eigenvalue weighted by Gasteiger charge is 2.05. The van der Waals surface area contributed by atoms with Crippen LogP contribution in [0.4, 0.5) is 4.39 Å². The van der Waals surface area contributed by atoms with Gasteiger partial charge in [-0.05, 0) is 24.6 Å². The Hall–Kier alpha value is -2.35. The summed E-state index contributed by atoms with van der Waals surface area (Å²) in [5.74, 6) is 2.96. The molecule has 0 aliphatic rings. The molecule has 0 unspecified atom stereocenters. The smallest absolute Gasteiger partial charge is 0.317 e. The Labute approximate surface area is 110 Å². The van der Waals surface area contributed by atoms with Crippen LogP contribution in [0.25, 0.3) is 0 Å². The maximum Gasteiger partial charge on any atom is 0.317 e. The van der Waals surface area contributed by atoms with Crippen molar-refractivity contribution in [2.24, 2.45) is 0 Å². The first-order chi connectivity index (χ1) is 9.02. The number of esters is 1. The lowest BCUT2D eigenvalue weighted by atomic mass is 10.1. The van der Waals surface area contributed by atoms with Crippen molar-refractivity contribution in [3.63, 3.8) is 0 Å². The van der Waals surface area contributed by atoms with E-state index in [0.717, 1.165) is 6.07 Å². The minimum atomic E-state index is -1.00. The van der Waals surface area contributed by atoms with Crippen LogP contribution >= 0.6 is 0 Å². The van der Waals surface area contributed by atoms with Crippen molar-refractivity contribution in [3.8, 4) is 11.8 Å². The normalized spacial score (nSPS) is 9.37. The lowest BCUT2D eigenvalue weighted by Gasteiger charge is -1.99. The molecule has 0 spiro atoms. The predicted molar refractivity (Wildman–Crippen MR) is 65.9 cm³/mol. The molecule has 100 valence electrons. The van der Waals surface area contributed by atoms with Crippen molar-refractivity contribution < 1.29 is 23.8 Å². The topological polar surface area (TPSA) is 63.6 Å². The molecule has 19 heavy (non-hydrogen) atoms. The van der Waals surface area contributed by atoms with Crippen LogP contribution in [0.2, 0.25) is 0 Å². The second-order valence-corrected chi connectivity index (χ2v) is 3.67. The Bertz CT molecular complexity index is 540. The second-order valence-electron chi connectivity index (χ2n) is 3.67. The van der Waals surface area contributed by atoms with E-state index in [4.69, 9.17) is 5.11 Å². The van der Waals surface area contributed by atoms with Crippen LogP contribution in [0, 0.1) is 17.7 Å². The summed E-state index contributed by atoms with van der Waals surface area (Å²) >= 11 is 0.